The van der Waals surface area contributed by atoms with Gasteiger partial charge in [0.25, 0.3) is 5.91 Å². The van der Waals surface area contributed by atoms with Gasteiger partial charge >= 0.3 is 0 Å². The number of aromatic nitrogens is 2. The molecule has 0 aliphatic carbocycles. The first-order valence-electron chi connectivity index (χ1n) is 5.53. The molecule has 1 unspecified atom stereocenters. The van der Waals surface area contributed by atoms with Crippen molar-refractivity contribution in [1.82, 2.24) is 15.3 Å². The maximum absolute atomic E-state index is 11.8. The van der Waals surface area contributed by atoms with Gasteiger partial charge in [-0.1, -0.05) is 0 Å². The number of carbonyl (C=O) groups is 1. The fourth-order valence-electron chi connectivity index (χ4n) is 1.92. The molecule has 1 N–H and O–H groups in total. The first kappa shape index (κ1) is 11.8. The summed E-state index contributed by atoms with van der Waals surface area (Å²) < 4.78 is 5.57. The average Bonchev–Trinajstić information content (AvgIpc) is 2.39. The number of rotatable bonds is 2. The highest BCUT2D eigenvalue weighted by molar-refractivity contribution is 5.85. The van der Waals surface area contributed by atoms with Gasteiger partial charge in [-0.3, -0.25) is 9.78 Å². The summed E-state index contributed by atoms with van der Waals surface area (Å²) in [7, 11) is 1.61. The van der Waals surface area contributed by atoms with Gasteiger partial charge in [-0.05, 0) is 6.92 Å². The molecular formula is C11H16N4O2. The van der Waals surface area contributed by atoms with E-state index in [1.165, 1.54) is 0 Å². The van der Waals surface area contributed by atoms with Crippen molar-refractivity contribution in [1.29, 1.82) is 0 Å². The molecule has 2 rings (SSSR count). The lowest BCUT2D eigenvalue weighted by molar-refractivity contribution is -0.145. The van der Waals surface area contributed by atoms with Crippen LogP contribution in [0.4, 0.5) is 5.82 Å². The molecular weight excluding hydrogens is 220 g/mol. The minimum atomic E-state index is -0.829. The molecule has 0 radical (unpaired) electrons. The maximum atomic E-state index is 11.8. The fourth-order valence-corrected chi connectivity index (χ4v) is 1.92. The van der Waals surface area contributed by atoms with Crippen LogP contribution < -0.4 is 10.2 Å². The van der Waals surface area contributed by atoms with Crippen molar-refractivity contribution < 1.29 is 9.53 Å². The van der Waals surface area contributed by atoms with Crippen molar-refractivity contribution >= 4 is 11.7 Å². The summed E-state index contributed by atoms with van der Waals surface area (Å²) in [6, 6.07) is 0. The topological polar surface area (TPSA) is 67.4 Å². The summed E-state index contributed by atoms with van der Waals surface area (Å²) in [6.45, 7) is 3.48. The second-order valence-corrected chi connectivity index (χ2v) is 4.14. The van der Waals surface area contributed by atoms with Gasteiger partial charge in [-0.2, -0.15) is 0 Å². The second kappa shape index (κ2) is 4.67. The zero-order valence-electron chi connectivity index (χ0n) is 10.0. The quantitative estimate of drug-likeness (QED) is 0.771. The highest BCUT2D eigenvalue weighted by atomic mass is 16.5. The number of nitrogens with one attached hydrogen (secondary N) is 1. The van der Waals surface area contributed by atoms with Gasteiger partial charge < -0.3 is 15.0 Å². The SMILES string of the molecule is CNC(=O)C1(C)CN(c2cnccn2)CCO1. The predicted molar refractivity (Wildman–Crippen MR) is 62.7 cm³/mol. The summed E-state index contributed by atoms with van der Waals surface area (Å²) in [5, 5.41) is 2.62. The molecule has 2 heterocycles. The van der Waals surface area contributed by atoms with E-state index in [1.54, 1.807) is 32.6 Å². The van der Waals surface area contributed by atoms with E-state index in [0.717, 1.165) is 5.82 Å². The normalized spacial score (nSPS) is 24.5. The molecule has 0 saturated carbocycles. The fraction of sp³-hybridized carbons (Fsp3) is 0.545. The molecule has 1 aliphatic rings. The van der Waals surface area contributed by atoms with Gasteiger partial charge in [0.15, 0.2) is 5.60 Å². The van der Waals surface area contributed by atoms with Crippen LogP contribution in [0.15, 0.2) is 18.6 Å². The Hall–Kier alpha value is -1.69. The molecule has 0 spiro atoms. The Bertz CT molecular complexity index is 398. The lowest BCUT2D eigenvalue weighted by Crippen LogP contribution is -2.58. The minimum absolute atomic E-state index is 0.119. The minimum Gasteiger partial charge on any atom is -0.362 e. The van der Waals surface area contributed by atoms with Crippen molar-refractivity contribution in [2.24, 2.45) is 0 Å². The zero-order valence-corrected chi connectivity index (χ0v) is 10.0. The van der Waals surface area contributed by atoms with E-state index in [-0.39, 0.29) is 5.91 Å². The van der Waals surface area contributed by atoms with E-state index in [9.17, 15) is 4.79 Å². The molecule has 1 aliphatic heterocycles. The molecule has 17 heavy (non-hydrogen) atoms. The lowest BCUT2D eigenvalue weighted by Gasteiger charge is -2.39. The van der Waals surface area contributed by atoms with Crippen molar-refractivity contribution in [2.45, 2.75) is 12.5 Å². The molecule has 1 saturated heterocycles. The van der Waals surface area contributed by atoms with Crippen LogP contribution in [0.5, 0.6) is 0 Å². The highest BCUT2D eigenvalue weighted by Crippen LogP contribution is 2.21. The third-order valence-corrected chi connectivity index (χ3v) is 2.86. The van der Waals surface area contributed by atoms with Gasteiger partial charge in [0, 0.05) is 26.0 Å². The molecule has 92 valence electrons. The summed E-state index contributed by atoms with van der Waals surface area (Å²) in [5.41, 5.74) is -0.829. The Balaban J connectivity index is 2.15. The monoisotopic (exact) mass is 236 g/mol. The third-order valence-electron chi connectivity index (χ3n) is 2.86. The zero-order chi connectivity index (χ0) is 12.3. The Kier molecular flexibility index (Phi) is 3.23. The first-order valence-corrected chi connectivity index (χ1v) is 5.53. The average molecular weight is 236 g/mol. The van der Waals surface area contributed by atoms with Crippen molar-refractivity contribution in [2.75, 3.05) is 31.6 Å². The molecule has 1 aromatic heterocycles. The predicted octanol–water partition coefficient (Wildman–Crippen LogP) is -0.182. The Morgan fingerprint density at radius 1 is 1.59 bits per heavy atom. The third kappa shape index (κ3) is 2.36. The Morgan fingerprint density at radius 2 is 2.41 bits per heavy atom. The van der Waals surface area contributed by atoms with E-state index < -0.39 is 5.60 Å². The van der Waals surface area contributed by atoms with Crippen LogP contribution >= 0.6 is 0 Å². The van der Waals surface area contributed by atoms with Gasteiger partial charge in [0.1, 0.15) is 5.82 Å². The highest BCUT2D eigenvalue weighted by Gasteiger charge is 2.39. The number of likely N-dealkylation sites (N-methyl/N-ethyl adjacent to an activating group) is 1. The standard InChI is InChI=1S/C11H16N4O2/c1-11(10(16)12-2)8-15(5-6-17-11)9-7-13-3-4-14-9/h3-4,7H,5-6,8H2,1-2H3,(H,12,16). The summed E-state index contributed by atoms with van der Waals surface area (Å²) in [6.07, 6.45) is 4.96. The van der Waals surface area contributed by atoms with E-state index >= 15 is 0 Å². The lowest BCUT2D eigenvalue weighted by atomic mass is 10.0. The van der Waals surface area contributed by atoms with Crippen molar-refractivity contribution in [3.8, 4) is 0 Å². The largest absolute Gasteiger partial charge is 0.362 e. The second-order valence-electron chi connectivity index (χ2n) is 4.14. The summed E-state index contributed by atoms with van der Waals surface area (Å²) >= 11 is 0. The number of hydrogen-bond donors (Lipinski definition) is 1. The first-order chi connectivity index (χ1) is 8.15. The molecule has 6 heteroatoms. The van der Waals surface area contributed by atoms with E-state index in [0.29, 0.717) is 19.7 Å². The van der Waals surface area contributed by atoms with Gasteiger partial charge in [0.2, 0.25) is 0 Å². The van der Waals surface area contributed by atoms with E-state index in [2.05, 4.69) is 15.3 Å². The number of ether oxygens (including phenoxy) is 1. The van der Waals surface area contributed by atoms with Crippen LogP contribution in [0.3, 0.4) is 0 Å². The van der Waals surface area contributed by atoms with E-state index in [1.807, 2.05) is 4.90 Å². The van der Waals surface area contributed by atoms with Gasteiger partial charge in [0.05, 0.1) is 19.3 Å². The molecule has 6 nitrogen and oxygen atoms in total. The molecule has 0 bridgehead atoms. The number of carbonyl (C=O) groups excluding carboxylic acids is 1. The van der Waals surface area contributed by atoms with Crippen LogP contribution in [0.2, 0.25) is 0 Å². The van der Waals surface area contributed by atoms with Crippen molar-refractivity contribution in [3.05, 3.63) is 18.6 Å². The summed E-state index contributed by atoms with van der Waals surface area (Å²) in [5.74, 6) is 0.650. The maximum Gasteiger partial charge on any atom is 0.253 e. The van der Waals surface area contributed by atoms with Gasteiger partial charge in [-0.15, -0.1) is 0 Å². The number of amides is 1. The Morgan fingerprint density at radius 3 is 3.06 bits per heavy atom. The molecule has 1 aromatic rings. The summed E-state index contributed by atoms with van der Waals surface area (Å²) in [4.78, 5) is 22.0. The smallest absolute Gasteiger partial charge is 0.253 e. The van der Waals surface area contributed by atoms with Crippen LogP contribution in [-0.4, -0.2) is 48.2 Å². The van der Waals surface area contributed by atoms with Gasteiger partial charge in [-0.25, -0.2) is 4.98 Å². The van der Waals surface area contributed by atoms with E-state index in [4.69, 9.17) is 4.74 Å². The van der Waals surface area contributed by atoms with Crippen molar-refractivity contribution in [3.63, 3.8) is 0 Å². The molecule has 0 aromatic carbocycles. The van der Waals surface area contributed by atoms with Crippen LogP contribution in [0.1, 0.15) is 6.92 Å². The van der Waals surface area contributed by atoms with Crippen LogP contribution in [0.25, 0.3) is 0 Å². The van der Waals surface area contributed by atoms with Crippen LogP contribution in [0, 0.1) is 0 Å². The Labute approximate surface area is 100 Å². The number of nitrogens with zero attached hydrogens (tertiary/aromatic N) is 3. The molecule has 1 amide bonds. The number of hydrogen-bond acceptors (Lipinski definition) is 5. The number of anilines is 1. The number of morpholine rings is 1. The molecule has 1 fully saturated rings. The van der Waals surface area contributed by atoms with Crippen LogP contribution in [-0.2, 0) is 9.53 Å². The molecule has 1 atom stereocenters.